The molecule has 156 valence electrons. The van der Waals surface area contributed by atoms with Crippen LogP contribution in [0.1, 0.15) is 33.2 Å². The fourth-order valence-corrected chi connectivity index (χ4v) is 2.77. The molecule has 0 fully saturated rings. The number of carbonyl (C=O) groups is 2. The number of nitrogens with zero attached hydrogens (tertiary/aromatic N) is 1. The van der Waals surface area contributed by atoms with Crippen LogP contribution in [0.2, 0.25) is 0 Å². The van der Waals surface area contributed by atoms with E-state index in [0.29, 0.717) is 5.56 Å². The Bertz CT molecular complexity index is 1140. The zero-order valence-corrected chi connectivity index (χ0v) is 15.9. The van der Waals surface area contributed by atoms with Crippen molar-refractivity contribution < 1.29 is 27.5 Å². The van der Waals surface area contributed by atoms with Crippen molar-refractivity contribution in [3.8, 4) is 6.07 Å². The van der Waals surface area contributed by atoms with Gasteiger partial charge >= 0.3 is 12.1 Å². The molecule has 0 aliphatic rings. The van der Waals surface area contributed by atoms with E-state index in [1.54, 1.807) is 30.3 Å². The molecule has 0 aliphatic carbocycles. The largest absolute Gasteiger partial charge is 0.444 e. The Morgan fingerprint density at radius 1 is 0.935 bits per heavy atom. The lowest BCUT2D eigenvalue weighted by atomic mass is 10.1. The number of hydrogen-bond acceptors (Lipinski definition) is 4. The first-order valence-corrected chi connectivity index (χ1v) is 9.02. The van der Waals surface area contributed by atoms with Gasteiger partial charge in [0.1, 0.15) is 0 Å². The van der Waals surface area contributed by atoms with E-state index in [9.17, 15) is 22.8 Å². The lowest BCUT2D eigenvalue weighted by Crippen LogP contribution is -2.26. The number of nitriles is 1. The molecule has 1 unspecified atom stereocenters. The SMILES string of the molecule is N#Cc1cccc(C(=O)OC(C(=O)Nc2cccc(C(F)(F)F)c2)c2ccccc2)c1. The molecular formula is C23H15F3N2O3. The second-order valence-electron chi connectivity index (χ2n) is 6.46. The Morgan fingerprint density at radius 3 is 2.32 bits per heavy atom. The highest BCUT2D eigenvalue weighted by atomic mass is 19.4. The van der Waals surface area contributed by atoms with Gasteiger partial charge in [0.2, 0.25) is 6.10 Å². The van der Waals surface area contributed by atoms with E-state index in [1.165, 1.54) is 30.3 Å². The fraction of sp³-hybridized carbons (Fsp3) is 0.0870. The average molecular weight is 424 g/mol. The van der Waals surface area contributed by atoms with Gasteiger partial charge in [0.25, 0.3) is 5.91 Å². The summed E-state index contributed by atoms with van der Waals surface area (Å²) >= 11 is 0. The number of esters is 1. The predicted molar refractivity (Wildman–Crippen MR) is 106 cm³/mol. The standard InChI is InChI=1S/C23H15F3N2O3/c24-23(25,26)18-10-5-11-19(13-18)28-21(29)20(16-7-2-1-3-8-16)31-22(30)17-9-4-6-15(12-17)14-27/h1-13,20H,(H,28,29). The van der Waals surface area contributed by atoms with Gasteiger partial charge in [0.05, 0.1) is 22.8 Å². The van der Waals surface area contributed by atoms with Crippen molar-refractivity contribution in [2.45, 2.75) is 12.3 Å². The maximum absolute atomic E-state index is 12.9. The zero-order valence-electron chi connectivity index (χ0n) is 15.9. The van der Waals surface area contributed by atoms with Crippen molar-refractivity contribution in [1.29, 1.82) is 5.26 Å². The van der Waals surface area contributed by atoms with Gasteiger partial charge in [-0.25, -0.2) is 4.79 Å². The molecule has 3 aromatic carbocycles. The zero-order chi connectivity index (χ0) is 22.4. The number of rotatable bonds is 5. The first-order chi connectivity index (χ1) is 14.8. The maximum atomic E-state index is 12.9. The summed E-state index contributed by atoms with van der Waals surface area (Å²) in [7, 11) is 0. The van der Waals surface area contributed by atoms with E-state index in [4.69, 9.17) is 10.00 Å². The molecule has 0 spiro atoms. The third kappa shape index (κ3) is 5.48. The molecule has 0 saturated heterocycles. The van der Waals surface area contributed by atoms with Gasteiger partial charge < -0.3 is 10.1 Å². The lowest BCUT2D eigenvalue weighted by molar-refractivity contribution is -0.137. The smallest absolute Gasteiger partial charge is 0.416 e. The minimum atomic E-state index is -4.57. The second kappa shape index (κ2) is 9.13. The van der Waals surface area contributed by atoms with Crippen molar-refractivity contribution in [3.63, 3.8) is 0 Å². The first kappa shape index (κ1) is 21.6. The van der Waals surface area contributed by atoms with Crippen LogP contribution in [0.15, 0.2) is 78.9 Å². The number of halogens is 3. The van der Waals surface area contributed by atoms with Gasteiger partial charge in [-0.1, -0.05) is 42.5 Å². The van der Waals surface area contributed by atoms with Crippen molar-refractivity contribution in [2.24, 2.45) is 0 Å². The normalized spacial score (nSPS) is 11.8. The molecule has 5 nitrogen and oxygen atoms in total. The van der Waals surface area contributed by atoms with E-state index in [1.807, 2.05) is 6.07 Å². The van der Waals surface area contributed by atoms with E-state index < -0.39 is 29.7 Å². The third-order valence-corrected chi connectivity index (χ3v) is 4.25. The lowest BCUT2D eigenvalue weighted by Gasteiger charge is -2.18. The van der Waals surface area contributed by atoms with Crippen molar-refractivity contribution in [1.82, 2.24) is 0 Å². The Hall–Kier alpha value is -4.12. The Labute approximate surface area is 175 Å². The molecule has 1 N–H and O–H groups in total. The quantitative estimate of drug-likeness (QED) is 0.577. The first-order valence-electron chi connectivity index (χ1n) is 9.02. The van der Waals surface area contributed by atoms with Crippen LogP contribution in [0.25, 0.3) is 0 Å². The Morgan fingerprint density at radius 2 is 1.65 bits per heavy atom. The topological polar surface area (TPSA) is 79.2 Å². The van der Waals surface area contributed by atoms with Gasteiger partial charge in [-0.2, -0.15) is 18.4 Å². The molecule has 3 aromatic rings. The van der Waals surface area contributed by atoms with Crippen molar-refractivity contribution in [2.75, 3.05) is 5.32 Å². The third-order valence-electron chi connectivity index (χ3n) is 4.25. The van der Waals surface area contributed by atoms with Gasteiger partial charge in [0.15, 0.2) is 0 Å². The minimum Gasteiger partial charge on any atom is -0.444 e. The summed E-state index contributed by atoms with van der Waals surface area (Å²) in [6.07, 6.45) is -5.99. The van der Waals surface area contributed by atoms with Crippen molar-refractivity contribution >= 4 is 17.6 Å². The van der Waals surface area contributed by atoms with E-state index in [-0.39, 0.29) is 16.8 Å². The Balaban J connectivity index is 1.87. The minimum absolute atomic E-state index is 0.0619. The van der Waals surface area contributed by atoms with E-state index in [0.717, 1.165) is 18.2 Å². The molecule has 0 aliphatic heterocycles. The number of alkyl halides is 3. The van der Waals surface area contributed by atoms with Gasteiger partial charge in [-0.05, 0) is 36.4 Å². The van der Waals surface area contributed by atoms with Gasteiger partial charge in [0, 0.05) is 11.3 Å². The van der Waals surface area contributed by atoms with Crippen LogP contribution in [-0.2, 0) is 15.7 Å². The summed E-state index contributed by atoms with van der Waals surface area (Å²) in [6, 6.07) is 19.8. The maximum Gasteiger partial charge on any atom is 0.416 e. The van der Waals surface area contributed by atoms with E-state index >= 15 is 0 Å². The molecule has 1 amide bonds. The molecule has 8 heteroatoms. The highest BCUT2D eigenvalue weighted by Crippen LogP contribution is 2.31. The number of ether oxygens (including phenoxy) is 1. The summed E-state index contributed by atoms with van der Waals surface area (Å²) in [6.45, 7) is 0. The number of nitrogens with one attached hydrogen (secondary N) is 1. The van der Waals surface area contributed by atoms with Crippen LogP contribution < -0.4 is 5.32 Å². The number of benzene rings is 3. The highest BCUT2D eigenvalue weighted by Gasteiger charge is 2.31. The highest BCUT2D eigenvalue weighted by molar-refractivity contribution is 5.98. The summed E-state index contributed by atoms with van der Waals surface area (Å²) in [5.41, 5.74) is -0.391. The second-order valence-corrected chi connectivity index (χ2v) is 6.46. The monoisotopic (exact) mass is 424 g/mol. The molecule has 1 atom stereocenters. The van der Waals surface area contributed by atoms with E-state index in [2.05, 4.69) is 5.32 Å². The molecule has 0 saturated carbocycles. The molecule has 3 rings (SSSR count). The van der Waals surface area contributed by atoms with Crippen LogP contribution in [0.3, 0.4) is 0 Å². The summed E-state index contributed by atoms with van der Waals surface area (Å²) in [5.74, 6) is -1.68. The van der Waals surface area contributed by atoms with Gasteiger partial charge in [-0.3, -0.25) is 4.79 Å². The number of anilines is 1. The van der Waals surface area contributed by atoms with Gasteiger partial charge in [-0.15, -0.1) is 0 Å². The average Bonchev–Trinajstić information content (AvgIpc) is 2.77. The summed E-state index contributed by atoms with van der Waals surface area (Å²) in [4.78, 5) is 25.4. The molecule has 0 bridgehead atoms. The van der Waals surface area contributed by atoms with Crippen LogP contribution in [0, 0.1) is 11.3 Å². The fourth-order valence-electron chi connectivity index (χ4n) is 2.77. The molecular weight excluding hydrogens is 409 g/mol. The van der Waals surface area contributed by atoms with Crippen LogP contribution >= 0.6 is 0 Å². The summed E-state index contributed by atoms with van der Waals surface area (Å²) in [5, 5.41) is 11.4. The Kier molecular flexibility index (Phi) is 6.36. The summed E-state index contributed by atoms with van der Waals surface area (Å²) < 4.78 is 44.2. The van der Waals surface area contributed by atoms with Crippen LogP contribution in [-0.4, -0.2) is 11.9 Å². The molecule has 0 heterocycles. The number of amides is 1. The number of hydrogen-bond donors (Lipinski definition) is 1. The van der Waals surface area contributed by atoms with Crippen LogP contribution in [0.4, 0.5) is 18.9 Å². The van der Waals surface area contributed by atoms with Crippen LogP contribution in [0.5, 0.6) is 0 Å². The molecule has 0 radical (unpaired) electrons. The molecule has 31 heavy (non-hydrogen) atoms. The predicted octanol–water partition coefficient (Wildman–Crippen LogP) is 5.11. The van der Waals surface area contributed by atoms with Crippen molar-refractivity contribution in [3.05, 3.63) is 101 Å². The molecule has 0 aromatic heterocycles. The number of carbonyl (C=O) groups excluding carboxylic acids is 2.